The van der Waals surface area contributed by atoms with Crippen LogP contribution in [0.4, 0.5) is 11.4 Å². The molecule has 2 rings (SSSR count). The van der Waals surface area contributed by atoms with Crippen molar-refractivity contribution in [3.05, 3.63) is 69.8 Å². The number of benzene rings is 2. The molecular formula is C18H19N3O4. The highest BCUT2D eigenvalue weighted by Gasteiger charge is 2.20. The van der Waals surface area contributed by atoms with Crippen LogP contribution in [0.1, 0.15) is 11.1 Å². The molecule has 0 bridgehead atoms. The average Bonchev–Trinajstić information content (AvgIpc) is 2.61. The summed E-state index contributed by atoms with van der Waals surface area (Å²) < 4.78 is 5.48. The Balaban J connectivity index is 1.93. The van der Waals surface area contributed by atoms with Gasteiger partial charge in [0, 0.05) is 19.7 Å². The molecule has 130 valence electrons. The summed E-state index contributed by atoms with van der Waals surface area (Å²) >= 11 is 0. The second-order valence-corrected chi connectivity index (χ2v) is 5.61. The number of hydrogen-bond donors (Lipinski definition) is 1. The smallest absolute Gasteiger partial charge is 0.293 e. The van der Waals surface area contributed by atoms with E-state index in [2.05, 4.69) is 0 Å². The Morgan fingerprint density at radius 1 is 1.32 bits per heavy atom. The average molecular weight is 341 g/mol. The van der Waals surface area contributed by atoms with Gasteiger partial charge >= 0.3 is 0 Å². The molecule has 0 aliphatic heterocycles. The number of rotatable bonds is 8. The standard InChI is InChI=1S/C18H19N3O4/c1-20(17-8-7-15(10-19)9-18(17)21(23)24)11-16(22)13-25-12-14-5-3-2-4-6-14/h2-9,16,22H,11-13H2,1H3/t16-/m0/s1. The molecule has 1 N–H and O–H groups in total. The maximum atomic E-state index is 11.2. The second kappa shape index (κ2) is 8.78. The minimum Gasteiger partial charge on any atom is -0.389 e. The molecule has 0 fully saturated rings. The van der Waals surface area contributed by atoms with Crippen molar-refractivity contribution in [1.29, 1.82) is 5.26 Å². The summed E-state index contributed by atoms with van der Waals surface area (Å²) in [4.78, 5) is 12.2. The quantitative estimate of drug-likeness (QED) is 0.585. The first-order valence-corrected chi connectivity index (χ1v) is 7.70. The largest absolute Gasteiger partial charge is 0.389 e. The molecule has 0 aliphatic carbocycles. The maximum Gasteiger partial charge on any atom is 0.293 e. The first-order valence-electron chi connectivity index (χ1n) is 7.70. The number of nitriles is 1. The minimum atomic E-state index is -0.802. The van der Waals surface area contributed by atoms with E-state index in [9.17, 15) is 15.2 Å². The third-order valence-corrected chi connectivity index (χ3v) is 3.62. The molecule has 0 saturated heterocycles. The molecule has 0 unspecified atom stereocenters. The first-order chi connectivity index (χ1) is 12.0. The van der Waals surface area contributed by atoms with Crippen molar-refractivity contribution in [2.45, 2.75) is 12.7 Å². The number of aliphatic hydroxyl groups excluding tert-OH is 1. The predicted molar refractivity (Wildman–Crippen MR) is 93.2 cm³/mol. The van der Waals surface area contributed by atoms with Crippen LogP contribution in [-0.2, 0) is 11.3 Å². The van der Waals surface area contributed by atoms with Crippen molar-refractivity contribution < 1.29 is 14.8 Å². The molecule has 1 atom stereocenters. The van der Waals surface area contributed by atoms with Crippen LogP contribution in [-0.4, -0.2) is 36.3 Å². The summed E-state index contributed by atoms with van der Waals surface area (Å²) in [5.41, 5.74) is 1.39. The molecule has 2 aromatic rings. The third kappa shape index (κ3) is 5.28. The van der Waals surface area contributed by atoms with Crippen LogP contribution < -0.4 is 4.90 Å². The molecule has 0 heterocycles. The fraction of sp³-hybridized carbons (Fsp3) is 0.278. The third-order valence-electron chi connectivity index (χ3n) is 3.62. The lowest BCUT2D eigenvalue weighted by Gasteiger charge is -2.22. The van der Waals surface area contributed by atoms with Gasteiger partial charge in [0.05, 0.1) is 35.9 Å². The predicted octanol–water partition coefficient (Wildman–Crippen LogP) is 2.48. The van der Waals surface area contributed by atoms with E-state index in [1.54, 1.807) is 11.9 Å². The van der Waals surface area contributed by atoms with E-state index in [0.717, 1.165) is 5.56 Å². The topological polar surface area (TPSA) is 99.6 Å². The van der Waals surface area contributed by atoms with Gasteiger partial charge in [0.2, 0.25) is 0 Å². The second-order valence-electron chi connectivity index (χ2n) is 5.61. The van der Waals surface area contributed by atoms with Crippen molar-refractivity contribution in [1.82, 2.24) is 0 Å². The Labute approximate surface area is 145 Å². The lowest BCUT2D eigenvalue weighted by atomic mass is 10.1. The SMILES string of the molecule is CN(C[C@H](O)COCc1ccccc1)c1ccc(C#N)cc1[N+](=O)[O-]. The van der Waals surface area contributed by atoms with E-state index in [1.807, 2.05) is 36.4 Å². The molecule has 7 heteroatoms. The van der Waals surface area contributed by atoms with Gasteiger partial charge in [-0.1, -0.05) is 30.3 Å². The van der Waals surface area contributed by atoms with Gasteiger partial charge in [-0.05, 0) is 17.7 Å². The zero-order valence-corrected chi connectivity index (χ0v) is 13.8. The van der Waals surface area contributed by atoms with Crippen LogP contribution in [0.15, 0.2) is 48.5 Å². The molecule has 2 aromatic carbocycles. The summed E-state index contributed by atoms with van der Waals surface area (Å²) in [7, 11) is 1.65. The minimum absolute atomic E-state index is 0.114. The Hall–Kier alpha value is -2.95. The molecule has 0 saturated carbocycles. The van der Waals surface area contributed by atoms with Gasteiger partial charge in [0.15, 0.2) is 0 Å². The highest BCUT2D eigenvalue weighted by atomic mass is 16.6. The van der Waals surface area contributed by atoms with Gasteiger partial charge in [-0.25, -0.2) is 0 Å². The molecular weight excluding hydrogens is 322 g/mol. The Bertz CT molecular complexity index is 759. The monoisotopic (exact) mass is 341 g/mol. The van der Waals surface area contributed by atoms with E-state index >= 15 is 0 Å². The van der Waals surface area contributed by atoms with Crippen molar-refractivity contribution >= 4 is 11.4 Å². The number of nitrogens with zero attached hydrogens (tertiary/aromatic N) is 3. The van der Waals surface area contributed by atoms with Crippen molar-refractivity contribution in [3.8, 4) is 6.07 Å². The van der Waals surface area contributed by atoms with Gasteiger partial charge in [0.25, 0.3) is 5.69 Å². The fourth-order valence-electron chi connectivity index (χ4n) is 2.42. The zero-order chi connectivity index (χ0) is 18.2. The summed E-state index contributed by atoms with van der Waals surface area (Å²) in [5, 5.41) is 30.2. The van der Waals surface area contributed by atoms with Crippen molar-refractivity contribution in [3.63, 3.8) is 0 Å². The van der Waals surface area contributed by atoms with Gasteiger partial charge < -0.3 is 14.7 Å². The maximum absolute atomic E-state index is 11.2. The number of nitro groups is 1. The van der Waals surface area contributed by atoms with Crippen LogP contribution in [0.5, 0.6) is 0 Å². The van der Waals surface area contributed by atoms with Crippen molar-refractivity contribution in [2.24, 2.45) is 0 Å². The number of nitro benzene ring substituents is 1. The van der Waals surface area contributed by atoms with Gasteiger partial charge in [-0.2, -0.15) is 5.26 Å². The van der Waals surface area contributed by atoms with Crippen LogP contribution in [0.25, 0.3) is 0 Å². The number of aliphatic hydroxyl groups is 1. The van der Waals surface area contributed by atoms with Crippen molar-refractivity contribution in [2.75, 3.05) is 25.1 Å². The summed E-state index contributed by atoms with van der Waals surface area (Å²) in [6.07, 6.45) is -0.802. The Kier molecular flexibility index (Phi) is 6.46. The van der Waals surface area contributed by atoms with Crippen LogP contribution in [0, 0.1) is 21.4 Å². The normalized spacial score (nSPS) is 11.6. The lowest BCUT2D eigenvalue weighted by Crippen LogP contribution is -2.32. The highest BCUT2D eigenvalue weighted by Crippen LogP contribution is 2.28. The van der Waals surface area contributed by atoms with E-state index < -0.39 is 11.0 Å². The summed E-state index contributed by atoms with van der Waals surface area (Å²) in [6.45, 7) is 0.670. The first kappa shape index (κ1) is 18.4. The van der Waals surface area contributed by atoms with Gasteiger partial charge in [-0.15, -0.1) is 0 Å². The molecule has 7 nitrogen and oxygen atoms in total. The number of hydrogen-bond acceptors (Lipinski definition) is 6. The van der Waals surface area contributed by atoms with Crippen LogP contribution in [0.3, 0.4) is 0 Å². The van der Waals surface area contributed by atoms with E-state index in [1.165, 1.54) is 18.2 Å². The van der Waals surface area contributed by atoms with Gasteiger partial charge in [-0.3, -0.25) is 10.1 Å². The molecule has 0 radical (unpaired) electrons. The fourth-order valence-corrected chi connectivity index (χ4v) is 2.42. The number of anilines is 1. The summed E-state index contributed by atoms with van der Waals surface area (Å²) in [5.74, 6) is 0. The lowest BCUT2D eigenvalue weighted by molar-refractivity contribution is -0.384. The molecule has 0 spiro atoms. The van der Waals surface area contributed by atoms with Crippen LogP contribution in [0.2, 0.25) is 0 Å². The zero-order valence-electron chi connectivity index (χ0n) is 13.8. The molecule has 25 heavy (non-hydrogen) atoms. The Morgan fingerprint density at radius 2 is 2.04 bits per heavy atom. The van der Waals surface area contributed by atoms with Crippen LogP contribution >= 0.6 is 0 Å². The number of likely N-dealkylation sites (N-methyl/N-ethyl adjacent to an activating group) is 1. The molecule has 0 amide bonds. The van der Waals surface area contributed by atoms with Gasteiger partial charge in [0.1, 0.15) is 5.69 Å². The summed E-state index contributed by atoms with van der Waals surface area (Å²) in [6, 6.07) is 15.7. The van der Waals surface area contributed by atoms with E-state index in [0.29, 0.717) is 12.3 Å². The molecule has 0 aliphatic rings. The highest BCUT2D eigenvalue weighted by molar-refractivity contribution is 5.65. The van der Waals surface area contributed by atoms with E-state index in [4.69, 9.17) is 10.00 Å². The van der Waals surface area contributed by atoms with E-state index in [-0.39, 0.29) is 24.4 Å². The number of ether oxygens (including phenoxy) is 1. The molecule has 0 aromatic heterocycles. The Morgan fingerprint density at radius 3 is 2.68 bits per heavy atom.